The molecule has 96 valence electrons. The molecule has 2 heterocycles. The lowest BCUT2D eigenvalue weighted by atomic mass is 10.2. The zero-order valence-corrected chi connectivity index (χ0v) is 10.9. The molecule has 6 heteroatoms. The lowest BCUT2D eigenvalue weighted by molar-refractivity contribution is 0.986. The van der Waals surface area contributed by atoms with Crippen molar-refractivity contribution < 1.29 is 0 Å². The molecule has 3 rings (SSSR count). The summed E-state index contributed by atoms with van der Waals surface area (Å²) >= 11 is 1.58. The Hall–Kier alpha value is -2.34. The standard InChI is InChI=1S/C13H12N4OS/c18-13-14-5-6-17(13)12-3-1-10(2-4-12)15-7-11-8-19-9-16-11/h1-6,8-9,15H,7H2,(H,14,18). The molecule has 0 aliphatic rings. The summed E-state index contributed by atoms with van der Waals surface area (Å²) in [6, 6.07) is 7.69. The minimum Gasteiger partial charge on any atom is -0.379 e. The fourth-order valence-corrected chi connectivity index (χ4v) is 2.34. The Kier molecular flexibility index (Phi) is 3.16. The van der Waals surface area contributed by atoms with E-state index in [0.29, 0.717) is 6.54 Å². The molecule has 0 atom stereocenters. The van der Waals surface area contributed by atoms with Crippen molar-refractivity contribution in [2.45, 2.75) is 6.54 Å². The number of rotatable bonds is 4. The molecule has 5 nitrogen and oxygen atoms in total. The first kappa shape index (κ1) is 11.7. The van der Waals surface area contributed by atoms with Crippen LogP contribution < -0.4 is 11.0 Å². The maximum absolute atomic E-state index is 11.5. The van der Waals surface area contributed by atoms with Gasteiger partial charge in [-0.05, 0) is 24.3 Å². The summed E-state index contributed by atoms with van der Waals surface area (Å²) in [5.41, 5.74) is 4.54. The van der Waals surface area contributed by atoms with Crippen LogP contribution in [-0.2, 0) is 6.54 Å². The fourth-order valence-electron chi connectivity index (χ4n) is 1.78. The van der Waals surface area contributed by atoms with Crippen molar-refractivity contribution in [1.82, 2.24) is 14.5 Å². The molecule has 0 saturated heterocycles. The van der Waals surface area contributed by atoms with E-state index in [1.807, 2.05) is 35.2 Å². The van der Waals surface area contributed by atoms with Crippen LogP contribution in [0.1, 0.15) is 5.69 Å². The zero-order chi connectivity index (χ0) is 13.1. The summed E-state index contributed by atoms with van der Waals surface area (Å²) in [5.74, 6) is 0. The third-order valence-electron chi connectivity index (χ3n) is 2.75. The van der Waals surface area contributed by atoms with E-state index in [2.05, 4.69) is 15.3 Å². The fraction of sp³-hybridized carbons (Fsp3) is 0.0769. The first-order valence-electron chi connectivity index (χ1n) is 5.80. The lowest BCUT2D eigenvalue weighted by Crippen LogP contribution is -2.13. The van der Waals surface area contributed by atoms with Crippen LogP contribution in [0.25, 0.3) is 5.69 Å². The Morgan fingerprint density at radius 1 is 1.32 bits per heavy atom. The molecule has 2 N–H and O–H groups in total. The molecule has 0 fully saturated rings. The SMILES string of the molecule is O=c1[nH]ccn1-c1ccc(NCc2cscn2)cc1. The molecular formula is C13H12N4OS. The second-order valence-corrected chi connectivity index (χ2v) is 4.73. The normalized spacial score (nSPS) is 10.5. The average molecular weight is 272 g/mol. The van der Waals surface area contributed by atoms with Crippen LogP contribution in [0.2, 0.25) is 0 Å². The van der Waals surface area contributed by atoms with E-state index >= 15 is 0 Å². The minimum atomic E-state index is -0.136. The highest BCUT2D eigenvalue weighted by Gasteiger charge is 2.00. The van der Waals surface area contributed by atoms with E-state index < -0.39 is 0 Å². The first-order chi connectivity index (χ1) is 9.33. The van der Waals surface area contributed by atoms with Gasteiger partial charge in [0.05, 0.1) is 23.4 Å². The molecule has 0 radical (unpaired) electrons. The zero-order valence-electron chi connectivity index (χ0n) is 10.0. The van der Waals surface area contributed by atoms with Crippen molar-refractivity contribution >= 4 is 17.0 Å². The summed E-state index contributed by atoms with van der Waals surface area (Å²) in [7, 11) is 0. The van der Waals surface area contributed by atoms with E-state index in [1.165, 1.54) is 0 Å². The molecule has 0 aliphatic carbocycles. The first-order valence-corrected chi connectivity index (χ1v) is 6.74. The Labute approximate surface area is 113 Å². The molecule has 0 aliphatic heterocycles. The molecule has 0 amide bonds. The van der Waals surface area contributed by atoms with Crippen molar-refractivity contribution in [3.05, 3.63) is 63.7 Å². The van der Waals surface area contributed by atoms with Gasteiger partial charge in [-0.15, -0.1) is 11.3 Å². The van der Waals surface area contributed by atoms with E-state index in [9.17, 15) is 4.79 Å². The maximum Gasteiger partial charge on any atom is 0.330 e. The number of H-pyrrole nitrogens is 1. The highest BCUT2D eigenvalue weighted by atomic mass is 32.1. The average Bonchev–Trinajstić information content (AvgIpc) is 3.08. The van der Waals surface area contributed by atoms with Gasteiger partial charge in [-0.25, -0.2) is 9.78 Å². The number of nitrogens with zero attached hydrogens (tertiary/aromatic N) is 2. The van der Waals surface area contributed by atoms with E-state index in [0.717, 1.165) is 17.1 Å². The second kappa shape index (κ2) is 5.11. The van der Waals surface area contributed by atoms with Gasteiger partial charge in [-0.3, -0.25) is 4.57 Å². The summed E-state index contributed by atoms with van der Waals surface area (Å²) < 4.78 is 1.56. The molecule has 3 aromatic rings. The predicted molar refractivity (Wildman–Crippen MR) is 75.8 cm³/mol. The van der Waals surface area contributed by atoms with Crippen molar-refractivity contribution in [3.63, 3.8) is 0 Å². The number of thiazole rings is 1. The summed E-state index contributed by atoms with van der Waals surface area (Å²) in [6.07, 6.45) is 3.33. The number of benzene rings is 1. The van der Waals surface area contributed by atoms with E-state index in [-0.39, 0.29) is 5.69 Å². The van der Waals surface area contributed by atoms with Gasteiger partial charge in [0, 0.05) is 23.5 Å². The molecular weight excluding hydrogens is 260 g/mol. The smallest absolute Gasteiger partial charge is 0.330 e. The number of anilines is 1. The molecule has 0 unspecified atom stereocenters. The highest BCUT2D eigenvalue weighted by molar-refractivity contribution is 7.07. The van der Waals surface area contributed by atoms with Gasteiger partial charge in [0.1, 0.15) is 0 Å². The maximum atomic E-state index is 11.5. The molecule has 2 aromatic heterocycles. The van der Waals surface area contributed by atoms with E-state index in [1.54, 1.807) is 28.3 Å². The summed E-state index contributed by atoms with van der Waals surface area (Å²) in [5, 5.41) is 5.30. The van der Waals surface area contributed by atoms with E-state index in [4.69, 9.17) is 0 Å². The molecule has 0 bridgehead atoms. The van der Waals surface area contributed by atoms with Crippen LogP contribution in [0.4, 0.5) is 5.69 Å². The van der Waals surface area contributed by atoms with Crippen LogP contribution in [0.5, 0.6) is 0 Å². The Bertz CT molecular complexity index is 697. The van der Waals surface area contributed by atoms with Crippen LogP contribution in [0, 0.1) is 0 Å². The monoisotopic (exact) mass is 272 g/mol. The molecule has 1 aromatic carbocycles. The van der Waals surface area contributed by atoms with Gasteiger partial charge in [-0.2, -0.15) is 0 Å². The number of hydrogen-bond donors (Lipinski definition) is 2. The molecule has 0 saturated carbocycles. The minimum absolute atomic E-state index is 0.136. The summed E-state index contributed by atoms with van der Waals surface area (Å²) in [4.78, 5) is 18.3. The van der Waals surface area contributed by atoms with Gasteiger partial charge in [0.25, 0.3) is 0 Å². The van der Waals surface area contributed by atoms with Gasteiger partial charge in [0.15, 0.2) is 0 Å². The number of aromatic nitrogens is 3. The largest absolute Gasteiger partial charge is 0.379 e. The van der Waals surface area contributed by atoms with Gasteiger partial charge in [0.2, 0.25) is 0 Å². The van der Waals surface area contributed by atoms with Crippen LogP contribution in [0.3, 0.4) is 0 Å². The second-order valence-electron chi connectivity index (χ2n) is 4.02. The topological polar surface area (TPSA) is 62.7 Å². The van der Waals surface area contributed by atoms with Crippen molar-refractivity contribution in [3.8, 4) is 5.69 Å². The van der Waals surface area contributed by atoms with Crippen molar-refractivity contribution in [1.29, 1.82) is 0 Å². The summed E-state index contributed by atoms with van der Waals surface area (Å²) in [6.45, 7) is 0.701. The van der Waals surface area contributed by atoms with Crippen molar-refractivity contribution in [2.75, 3.05) is 5.32 Å². The third kappa shape index (κ3) is 2.58. The Morgan fingerprint density at radius 3 is 2.79 bits per heavy atom. The van der Waals surface area contributed by atoms with Gasteiger partial charge >= 0.3 is 5.69 Å². The van der Waals surface area contributed by atoms with Crippen molar-refractivity contribution in [2.24, 2.45) is 0 Å². The Morgan fingerprint density at radius 2 is 2.16 bits per heavy atom. The van der Waals surface area contributed by atoms with Gasteiger partial charge < -0.3 is 10.3 Å². The lowest BCUT2D eigenvalue weighted by Gasteiger charge is -2.06. The predicted octanol–water partition coefficient (Wildman–Crippen LogP) is 2.23. The number of nitrogens with one attached hydrogen (secondary N) is 2. The molecule has 19 heavy (non-hydrogen) atoms. The van der Waals surface area contributed by atoms with Crippen LogP contribution in [-0.4, -0.2) is 14.5 Å². The quantitative estimate of drug-likeness (QED) is 0.765. The Balaban J connectivity index is 1.72. The molecule has 0 spiro atoms. The third-order valence-corrected chi connectivity index (χ3v) is 3.39. The number of aromatic amines is 1. The highest BCUT2D eigenvalue weighted by Crippen LogP contribution is 2.13. The van der Waals surface area contributed by atoms with Crippen LogP contribution in [0.15, 0.2) is 52.3 Å². The van der Waals surface area contributed by atoms with Crippen LogP contribution >= 0.6 is 11.3 Å². The number of imidazole rings is 1. The van der Waals surface area contributed by atoms with Gasteiger partial charge in [-0.1, -0.05) is 0 Å². The number of hydrogen-bond acceptors (Lipinski definition) is 4.